The van der Waals surface area contributed by atoms with Crippen LogP contribution in [-0.2, 0) is 14.3 Å². The lowest BCUT2D eigenvalue weighted by atomic mass is 9.63. The molecule has 1 N–H and O–H groups in total. The van der Waals surface area contributed by atoms with Crippen LogP contribution in [0.5, 0.6) is 0 Å². The number of carboxylic acids is 1. The molecule has 0 radical (unpaired) electrons. The number of hydrogen-bond acceptors (Lipinski definition) is 3. The van der Waals surface area contributed by atoms with E-state index in [4.69, 9.17) is 4.74 Å². The molecule has 10 unspecified atom stereocenters. The third-order valence-corrected chi connectivity index (χ3v) is 10.4. The molecule has 4 heteroatoms. The van der Waals surface area contributed by atoms with E-state index in [1.54, 1.807) is 0 Å². The van der Waals surface area contributed by atoms with E-state index in [0.717, 1.165) is 61.7 Å². The van der Waals surface area contributed by atoms with E-state index in [0.29, 0.717) is 17.8 Å². The minimum atomic E-state index is -0.602. The minimum absolute atomic E-state index is 0.0701. The summed E-state index contributed by atoms with van der Waals surface area (Å²) >= 11 is 0. The fourth-order valence-electron chi connectivity index (χ4n) is 9.18. The molecule has 4 saturated carbocycles. The number of aliphatic carboxylic acids is 1. The number of hydrogen-bond donors (Lipinski definition) is 1. The normalized spacial score (nSPS) is 44.0. The molecule has 0 amide bonds. The van der Waals surface area contributed by atoms with Crippen LogP contribution < -0.4 is 0 Å². The van der Waals surface area contributed by atoms with Gasteiger partial charge in [-0.1, -0.05) is 47.0 Å². The Morgan fingerprint density at radius 3 is 2.09 bits per heavy atom. The monoisotopic (exact) mass is 490 g/mol. The third kappa shape index (κ3) is 5.47. The molecular weight excluding hydrogens is 436 g/mol. The zero-order valence-electron chi connectivity index (χ0n) is 24.2. The van der Waals surface area contributed by atoms with Gasteiger partial charge in [0.1, 0.15) is 5.60 Å². The van der Waals surface area contributed by atoms with Crippen molar-refractivity contribution in [2.45, 2.75) is 126 Å². The number of rotatable bonds is 6. The van der Waals surface area contributed by atoms with E-state index in [2.05, 4.69) is 34.6 Å². The van der Waals surface area contributed by atoms with Crippen molar-refractivity contribution in [2.75, 3.05) is 0 Å². The summed E-state index contributed by atoms with van der Waals surface area (Å²) in [4.78, 5) is 24.0. The molecule has 0 aromatic carbocycles. The van der Waals surface area contributed by atoms with E-state index in [-0.39, 0.29) is 17.0 Å². The number of fused-ring (bicyclic) bond motifs is 5. The first-order chi connectivity index (χ1) is 16.2. The highest BCUT2D eigenvalue weighted by molar-refractivity contribution is 5.78. The molecule has 2 bridgehead atoms. The maximum atomic E-state index is 12.9. The van der Waals surface area contributed by atoms with E-state index < -0.39 is 11.4 Å². The Morgan fingerprint density at radius 2 is 1.54 bits per heavy atom. The Labute approximate surface area is 215 Å². The largest absolute Gasteiger partial charge is 0.481 e. The second kappa shape index (κ2) is 10.4. The van der Waals surface area contributed by atoms with Gasteiger partial charge < -0.3 is 9.84 Å². The van der Waals surface area contributed by atoms with Gasteiger partial charge in [0, 0.05) is 0 Å². The Kier molecular flexibility index (Phi) is 8.44. The summed E-state index contributed by atoms with van der Waals surface area (Å²) in [6.07, 6.45) is 10.5. The summed E-state index contributed by atoms with van der Waals surface area (Å²) in [6.45, 7) is 19.1. The topological polar surface area (TPSA) is 63.6 Å². The average molecular weight is 491 g/mol. The van der Waals surface area contributed by atoms with Crippen LogP contribution >= 0.6 is 0 Å². The quantitative estimate of drug-likeness (QED) is 0.383. The van der Waals surface area contributed by atoms with Gasteiger partial charge in [-0.25, -0.2) is 0 Å². The second-order valence-corrected chi connectivity index (χ2v) is 14.4. The van der Waals surface area contributed by atoms with Gasteiger partial charge >= 0.3 is 11.9 Å². The highest BCUT2D eigenvalue weighted by Gasteiger charge is 2.66. The van der Waals surface area contributed by atoms with E-state index in [9.17, 15) is 14.7 Å². The molecule has 0 aromatic rings. The number of ether oxygens (including phenoxy) is 1. The van der Waals surface area contributed by atoms with Gasteiger partial charge in [-0.05, 0) is 120 Å². The van der Waals surface area contributed by atoms with Gasteiger partial charge in [0.2, 0.25) is 0 Å². The molecule has 4 aliphatic rings. The molecule has 0 saturated heterocycles. The van der Waals surface area contributed by atoms with Crippen molar-refractivity contribution in [3.05, 3.63) is 0 Å². The molecule has 0 aliphatic heterocycles. The summed E-state index contributed by atoms with van der Waals surface area (Å²) in [6, 6.07) is 0. The predicted molar refractivity (Wildman–Crippen MR) is 142 cm³/mol. The fraction of sp³-hybridized carbons (Fsp3) is 0.935. The van der Waals surface area contributed by atoms with Crippen LogP contribution in [0.3, 0.4) is 0 Å². The predicted octanol–water partition coefficient (Wildman–Crippen LogP) is 7.99. The molecule has 4 nitrogen and oxygen atoms in total. The van der Waals surface area contributed by atoms with Crippen molar-refractivity contribution in [1.29, 1.82) is 0 Å². The van der Waals surface area contributed by atoms with Crippen molar-refractivity contribution in [3.8, 4) is 0 Å². The summed E-state index contributed by atoms with van der Waals surface area (Å²) < 4.78 is 5.81. The smallest absolute Gasteiger partial charge is 0.312 e. The van der Waals surface area contributed by atoms with E-state index in [1.165, 1.54) is 25.7 Å². The molecule has 35 heavy (non-hydrogen) atoms. The lowest BCUT2D eigenvalue weighted by molar-refractivity contribution is -0.172. The number of carbonyl (C=O) groups is 2. The lowest BCUT2D eigenvalue weighted by Gasteiger charge is -2.42. The molecule has 4 rings (SSSR count). The maximum Gasteiger partial charge on any atom is 0.312 e. The average Bonchev–Trinajstić information content (AvgIpc) is 3.43. The van der Waals surface area contributed by atoms with E-state index >= 15 is 0 Å². The highest BCUT2D eigenvalue weighted by atomic mass is 16.6. The number of carbonyl (C=O) groups excluding carboxylic acids is 1. The van der Waals surface area contributed by atoms with Crippen LogP contribution in [0.1, 0.15) is 120 Å². The van der Waals surface area contributed by atoms with Crippen molar-refractivity contribution >= 4 is 11.9 Å². The molecule has 4 aliphatic carbocycles. The van der Waals surface area contributed by atoms with Gasteiger partial charge in [0.15, 0.2) is 0 Å². The molecule has 4 fully saturated rings. The van der Waals surface area contributed by atoms with E-state index in [1.807, 2.05) is 27.7 Å². The highest BCUT2D eigenvalue weighted by Crippen LogP contribution is 2.69. The molecule has 202 valence electrons. The van der Waals surface area contributed by atoms with Crippen LogP contribution in [-0.4, -0.2) is 22.6 Å². The van der Waals surface area contributed by atoms with Crippen LogP contribution in [0.15, 0.2) is 0 Å². The second-order valence-electron chi connectivity index (χ2n) is 14.4. The van der Waals surface area contributed by atoms with Crippen LogP contribution in [0, 0.1) is 58.2 Å². The van der Waals surface area contributed by atoms with Gasteiger partial charge in [-0.15, -0.1) is 0 Å². The molecule has 0 spiro atoms. The zero-order valence-corrected chi connectivity index (χ0v) is 24.2. The first-order valence-corrected chi connectivity index (χ1v) is 14.6. The Morgan fingerprint density at radius 1 is 0.914 bits per heavy atom. The molecular formula is C31H54O4. The van der Waals surface area contributed by atoms with Crippen molar-refractivity contribution in [1.82, 2.24) is 0 Å². The zero-order chi connectivity index (χ0) is 26.3. The number of esters is 1. The van der Waals surface area contributed by atoms with Crippen molar-refractivity contribution < 1.29 is 19.4 Å². The van der Waals surface area contributed by atoms with Crippen LogP contribution in [0.4, 0.5) is 0 Å². The molecule has 10 atom stereocenters. The molecule has 0 heterocycles. The summed E-state index contributed by atoms with van der Waals surface area (Å²) in [5, 5.41) is 9.19. The number of carboxylic acid groups (broad SMARTS) is 1. The Bertz CT molecular complexity index is 768. The van der Waals surface area contributed by atoms with Crippen LogP contribution in [0.25, 0.3) is 0 Å². The SMILES string of the molecule is CCCC1CC(C)C2C3CC(C12)C(C)(C(=O)OC(C)(C)C)C3.CCCC1CC(C)CC1(C)C(=O)O. The maximum absolute atomic E-state index is 12.9. The third-order valence-electron chi connectivity index (χ3n) is 10.4. The standard InChI is InChI=1S/C20H34O2.C11H20O2/c1-7-8-13-9-12(2)16-14-10-15(17(13)16)20(6,11-14)18(21)22-19(3,4)5;1-4-5-9-6-8(2)7-11(9,3)10(12)13/h12-17H,7-11H2,1-6H3;8-9H,4-7H2,1-3H3,(H,12,13). The summed E-state index contributed by atoms with van der Waals surface area (Å²) in [7, 11) is 0. The Hall–Kier alpha value is -1.06. The lowest BCUT2D eigenvalue weighted by Crippen LogP contribution is -2.44. The first kappa shape index (κ1) is 28.5. The minimum Gasteiger partial charge on any atom is -0.481 e. The van der Waals surface area contributed by atoms with Gasteiger partial charge in [-0.2, -0.15) is 0 Å². The molecule has 0 aromatic heterocycles. The Balaban J connectivity index is 0.000000225. The summed E-state index contributed by atoms with van der Waals surface area (Å²) in [5.74, 6) is 5.16. The van der Waals surface area contributed by atoms with Gasteiger partial charge in [-0.3, -0.25) is 9.59 Å². The first-order valence-electron chi connectivity index (χ1n) is 14.6. The van der Waals surface area contributed by atoms with Crippen molar-refractivity contribution in [2.24, 2.45) is 58.2 Å². The van der Waals surface area contributed by atoms with Crippen molar-refractivity contribution in [3.63, 3.8) is 0 Å². The van der Waals surface area contributed by atoms with Gasteiger partial charge in [0.25, 0.3) is 0 Å². The van der Waals surface area contributed by atoms with Gasteiger partial charge in [0.05, 0.1) is 10.8 Å². The summed E-state index contributed by atoms with van der Waals surface area (Å²) in [5.41, 5.74) is -1.04. The fourth-order valence-corrected chi connectivity index (χ4v) is 9.18. The van der Waals surface area contributed by atoms with Crippen LogP contribution in [0.2, 0.25) is 0 Å².